The molecule has 0 atom stereocenters. The molecule has 0 saturated carbocycles. The van der Waals surface area contributed by atoms with E-state index in [2.05, 4.69) is 20.0 Å². The molecule has 3 aromatic rings. The molecule has 26 heavy (non-hydrogen) atoms. The standard InChI is InChI=1S/C18H19FN6O/c1-12-3-4-13(9-15(12)19)18(26)25-7-5-24(6-8-25)17-14-10-22-23(2)16(14)20-11-21-17/h3-4,9-11H,5-8H2,1-2H3. The van der Waals surface area contributed by atoms with Gasteiger partial charge in [0.15, 0.2) is 5.65 Å². The molecule has 0 bridgehead atoms. The zero-order valence-corrected chi connectivity index (χ0v) is 14.7. The summed E-state index contributed by atoms with van der Waals surface area (Å²) in [6, 6.07) is 4.63. The highest BCUT2D eigenvalue weighted by Gasteiger charge is 2.24. The molecule has 0 unspecified atom stereocenters. The lowest BCUT2D eigenvalue weighted by atomic mass is 10.1. The second-order valence-corrected chi connectivity index (χ2v) is 6.45. The number of halogens is 1. The third kappa shape index (κ3) is 2.77. The molecule has 7 nitrogen and oxygen atoms in total. The van der Waals surface area contributed by atoms with Crippen LogP contribution in [0, 0.1) is 12.7 Å². The van der Waals surface area contributed by atoms with Crippen molar-refractivity contribution in [1.82, 2.24) is 24.6 Å². The van der Waals surface area contributed by atoms with Crippen molar-refractivity contribution in [2.45, 2.75) is 6.92 Å². The largest absolute Gasteiger partial charge is 0.352 e. The average molecular weight is 354 g/mol. The lowest BCUT2D eigenvalue weighted by Gasteiger charge is -2.35. The number of aryl methyl sites for hydroxylation is 2. The van der Waals surface area contributed by atoms with Crippen molar-refractivity contribution in [3.8, 4) is 0 Å². The number of aromatic nitrogens is 4. The van der Waals surface area contributed by atoms with Gasteiger partial charge in [-0.1, -0.05) is 6.07 Å². The van der Waals surface area contributed by atoms with E-state index in [1.54, 1.807) is 34.8 Å². The summed E-state index contributed by atoms with van der Waals surface area (Å²) in [5.74, 6) is 0.337. The molecule has 4 rings (SSSR count). The van der Waals surface area contributed by atoms with Gasteiger partial charge in [-0.05, 0) is 24.6 Å². The summed E-state index contributed by atoms with van der Waals surface area (Å²) >= 11 is 0. The summed E-state index contributed by atoms with van der Waals surface area (Å²) in [6.45, 7) is 4.10. The van der Waals surface area contributed by atoms with Crippen molar-refractivity contribution in [2.75, 3.05) is 31.1 Å². The molecule has 1 aromatic carbocycles. The molecule has 8 heteroatoms. The number of carbonyl (C=O) groups is 1. The number of hydrogen-bond acceptors (Lipinski definition) is 5. The van der Waals surface area contributed by atoms with Crippen LogP contribution in [-0.4, -0.2) is 56.7 Å². The summed E-state index contributed by atoms with van der Waals surface area (Å²) < 4.78 is 15.5. The number of nitrogens with zero attached hydrogens (tertiary/aromatic N) is 6. The Balaban J connectivity index is 1.50. The molecule has 3 heterocycles. The number of rotatable bonds is 2. The Morgan fingerprint density at radius 3 is 2.65 bits per heavy atom. The first-order valence-electron chi connectivity index (χ1n) is 8.47. The zero-order chi connectivity index (χ0) is 18.3. The molecule has 1 fully saturated rings. The predicted molar refractivity (Wildman–Crippen MR) is 95.6 cm³/mol. The fourth-order valence-corrected chi connectivity index (χ4v) is 3.23. The minimum absolute atomic E-state index is 0.141. The third-order valence-electron chi connectivity index (χ3n) is 4.79. The van der Waals surface area contributed by atoms with Crippen molar-refractivity contribution in [3.05, 3.63) is 47.7 Å². The highest BCUT2D eigenvalue weighted by molar-refractivity contribution is 5.94. The molecular weight excluding hydrogens is 335 g/mol. The number of piperazine rings is 1. The molecule has 1 saturated heterocycles. The van der Waals surface area contributed by atoms with Crippen LogP contribution >= 0.6 is 0 Å². The molecule has 1 aliphatic heterocycles. The lowest BCUT2D eigenvalue weighted by molar-refractivity contribution is 0.0746. The van der Waals surface area contributed by atoms with E-state index in [-0.39, 0.29) is 11.7 Å². The molecule has 0 radical (unpaired) electrons. The fourth-order valence-electron chi connectivity index (χ4n) is 3.23. The second kappa shape index (κ2) is 6.36. The molecule has 0 spiro atoms. The fraction of sp³-hybridized carbons (Fsp3) is 0.333. The summed E-state index contributed by atoms with van der Waals surface area (Å²) in [5, 5.41) is 5.14. The van der Waals surface area contributed by atoms with Crippen LogP contribution in [0.25, 0.3) is 11.0 Å². The highest BCUT2D eigenvalue weighted by Crippen LogP contribution is 2.23. The second-order valence-electron chi connectivity index (χ2n) is 6.45. The third-order valence-corrected chi connectivity index (χ3v) is 4.79. The zero-order valence-electron chi connectivity index (χ0n) is 14.7. The average Bonchev–Trinajstić information content (AvgIpc) is 3.05. The van der Waals surface area contributed by atoms with Crippen molar-refractivity contribution >= 4 is 22.8 Å². The molecule has 134 valence electrons. The van der Waals surface area contributed by atoms with Gasteiger partial charge < -0.3 is 9.80 Å². The van der Waals surface area contributed by atoms with Gasteiger partial charge in [0.05, 0.1) is 11.6 Å². The SMILES string of the molecule is Cc1ccc(C(=O)N2CCN(c3ncnc4c3cnn4C)CC2)cc1F. The summed E-state index contributed by atoms with van der Waals surface area (Å²) in [4.78, 5) is 25.2. The first-order chi connectivity index (χ1) is 12.5. The number of fused-ring (bicyclic) bond motifs is 1. The van der Waals surface area contributed by atoms with E-state index in [0.29, 0.717) is 37.3 Å². The summed E-state index contributed by atoms with van der Waals surface area (Å²) in [7, 11) is 1.84. The van der Waals surface area contributed by atoms with Crippen molar-refractivity contribution in [2.24, 2.45) is 7.05 Å². The number of benzene rings is 1. The van der Waals surface area contributed by atoms with Gasteiger partial charge in [-0.2, -0.15) is 5.10 Å². The van der Waals surface area contributed by atoms with Crippen LogP contribution in [-0.2, 0) is 7.05 Å². The highest BCUT2D eigenvalue weighted by atomic mass is 19.1. The maximum absolute atomic E-state index is 13.7. The van der Waals surface area contributed by atoms with Crippen LogP contribution in [0.2, 0.25) is 0 Å². The van der Waals surface area contributed by atoms with Crippen molar-refractivity contribution in [3.63, 3.8) is 0 Å². The molecule has 0 aliphatic carbocycles. The van der Waals surface area contributed by atoms with E-state index < -0.39 is 0 Å². The van der Waals surface area contributed by atoms with E-state index in [1.807, 2.05) is 7.05 Å². The summed E-state index contributed by atoms with van der Waals surface area (Å²) in [6.07, 6.45) is 3.29. The van der Waals surface area contributed by atoms with E-state index in [9.17, 15) is 9.18 Å². The predicted octanol–water partition coefficient (Wildman–Crippen LogP) is 1.77. The van der Waals surface area contributed by atoms with E-state index >= 15 is 0 Å². The Morgan fingerprint density at radius 1 is 1.15 bits per heavy atom. The van der Waals surface area contributed by atoms with E-state index in [4.69, 9.17) is 0 Å². The van der Waals surface area contributed by atoms with Gasteiger partial charge in [0.2, 0.25) is 0 Å². The minimum atomic E-state index is -0.352. The summed E-state index contributed by atoms with van der Waals surface area (Å²) in [5.41, 5.74) is 1.71. The number of anilines is 1. The van der Waals surface area contributed by atoms with Crippen LogP contribution in [0.1, 0.15) is 15.9 Å². The van der Waals surface area contributed by atoms with Gasteiger partial charge in [-0.3, -0.25) is 9.48 Å². The van der Waals surface area contributed by atoms with E-state index in [0.717, 1.165) is 16.9 Å². The van der Waals surface area contributed by atoms with E-state index in [1.165, 1.54) is 12.4 Å². The Hall–Kier alpha value is -3.03. The Labute approximate surface area is 150 Å². The van der Waals surface area contributed by atoms with Crippen LogP contribution in [0.15, 0.2) is 30.7 Å². The maximum atomic E-state index is 13.7. The van der Waals surface area contributed by atoms with Crippen LogP contribution < -0.4 is 4.90 Å². The van der Waals surface area contributed by atoms with Crippen LogP contribution in [0.3, 0.4) is 0 Å². The van der Waals surface area contributed by atoms with Gasteiger partial charge in [0.1, 0.15) is 18.0 Å². The number of amides is 1. The van der Waals surface area contributed by atoms with Crippen molar-refractivity contribution in [1.29, 1.82) is 0 Å². The van der Waals surface area contributed by atoms with Gasteiger partial charge in [0.25, 0.3) is 5.91 Å². The molecule has 2 aromatic heterocycles. The first-order valence-corrected chi connectivity index (χ1v) is 8.47. The quantitative estimate of drug-likeness (QED) is 0.702. The Kier molecular flexibility index (Phi) is 4.02. The van der Waals surface area contributed by atoms with Crippen molar-refractivity contribution < 1.29 is 9.18 Å². The lowest BCUT2D eigenvalue weighted by Crippen LogP contribution is -2.49. The minimum Gasteiger partial charge on any atom is -0.352 e. The van der Waals surface area contributed by atoms with Gasteiger partial charge in [-0.15, -0.1) is 0 Å². The molecule has 1 amide bonds. The molecule has 1 aliphatic rings. The van der Waals surface area contributed by atoms with Gasteiger partial charge in [0, 0.05) is 38.8 Å². The first kappa shape index (κ1) is 16.4. The monoisotopic (exact) mass is 354 g/mol. The maximum Gasteiger partial charge on any atom is 0.254 e. The van der Waals surface area contributed by atoms with Crippen LogP contribution in [0.4, 0.5) is 10.2 Å². The van der Waals surface area contributed by atoms with Gasteiger partial charge >= 0.3 is 0 Å². The van der Waals surface area contributed by atoms with Crippen LogP contribution in [0.5, 0.6) is 0 Å². The Morgan fingerprint density at radius 2 is 1.92 bits per heavy atom. The number of hydrogen-bond donors (Lipinski definition) is 0. The topological polar surface area (TPSA) is 67.2 Å². The normalized spacial score (nSPS) is 14.9. The molecule has 0 N–H and O–H groups in total. The smallest absolute Gasteiger partial charge is 0.254 e. The number of carbonyl (C=O) groups excluding carboxylic acids is 1. The van der Waals surface area contributed by atoms with Gasteiger partial charge in [-0.25, -0.2) is 14.4 Å². The Bertz CT molecular complexity index is 977. The molecular formula is C18H19FN6O.